The molecule has 2 heterocycles. The van der Waals surface area contributed by atoms with Crippen LogP contribution in [0.3, 0.4) is 0 Å². The molecule has 8 nitrogen and oxygen atoms in total. The zero-order valence-corrected chi connectivity index (χ0v) is 16.3. The fraction of sp³-hybridized carbons (Fsp3) is 0.318. The Kier molecular flexibility index (Phi) is 5.31. The summed E-state index contributed by atoms with van der Waals surface area (Å²) >= 11 is 0. The number of nitrogen functional groups attached to an aromatic ring is 1. The normalized spacial score (nSPS) is 18.6. The Morgan fingerprint density at radius 2 is 2.00 bits per heavy atom. The summed E-state index contributed by atoms with van der Waals surface area (Å²) in [5, 5.41) is 9.41. The Hall–Kier alpha value is -3.55. The maximum Gasteiger partial charge on any atom is 0.343 e. The molecule has 1 atom stereocenters. The topological polar surface area (TPSA) is 119 Å². The second-order valence-electron chi connectivity index (χ2n) is 7.39. The summed E-state index contributed by atoms with van der Waals surface area (Å²) in [6.07, 6.45) is 2.20. The van der Waals surface area contributed by atoms with Crippen molar-refractivity contribution in [2.24, 2.45) is 0 Å². The van der Waals surface area contributed by atoms with Crippen molar-refractivity contribution in [1.29, 1.82) is 0 Å². The third-order valence-corrected chi connectivity index (χ3v) is 5.40. The molecule has 0 aliphatic carbocycles. The lowest BCUT2D eigenvalue weighted by atomic mass is 10.0. The van der Waals surface area contributed by atoms with Crippen LogP contribution >= 0.6 is 0 Å². The number of aryl methyl sites for hydroxylation is 1. The molecule has 0 spiro atoms. The number of carbonyl (C=O) groups excluding carboxylic acids is 2. The van der Waals surface area contributed by atoms with Crippen molar-refractivity contribution < 1.29 is 29.0 Å². The molecule has 0 saturated carbocycles. The number of carboxylic acid groups (broad SMARTS) is 1. The van der Waals surface area contributed by atoms with E-state index in [9.17, 15) is 19.5 Å². The molecule has 1 unspecified atom stereocenters. The minimum Gasteiger partial charge on any atom is -0.489 e. The van der Waals surface area contributed by atoms with Gasteiger partial charge in [0, 0.05) is 12.2 Å². The number of esters is 1. The van der Waals surface area contributed by atoms with Gasteiger partial charge in [0.15, 0.2) is 11.5 Å². The molecule has 1 amide bonds. The number of likely N-dealkylation sites (tertiary alicyclic amines) is 1. The van der Waals surface area contributed by atoms with Gasteiger partial charge in [0.2, 0.25) is 0 Å². The van der Waals surface area contributed by atoms with Crippen LogP contribution in [0.2, 0.25) is 0 Å². The number of nitrogens with two attached hydrogens (primary N) is 1. The number of anilines is 1. The quantitative estimate of drug-likeness (QED) is 0.443. The van der Waals surface area contributed by atoms with Gasteiger partial charge in [-0.15, -0.1) is 0 Å². The standard InChI is InChI=1S/C22H22N2O6/c23-14-8-9-15-13(12-14)4-3-11-29-19-16(5-1-7-18(19)30-22(15)28)20(25)24-10-2-6-17(24)21(26)27/h1,5,7-9,12,17H,2-4,6,10-11,23H2,(H,26,27). The summed E-state index contributed by atoms with van der Waals surface area (Å²) in [4.78, 5) is 38.8. The van der Waals surface area contributed by atoms with E-state index in [4.69, 9.17) is 15.2 Å². The Morgan fingerprint density at radius 3 is 2.80 bits per heavy atom. The number of para-hydroxylation sites is 1. The first kappa shape index (κ1) is 19.8. The van der Waals surface area contributed by atoms with E-state index in [1.54, 1.807) is 36.4 Å². The number of rotatable bonds is 2. The van der Waals surface area contributed by atoms with Crippen LogP contribution < -0.4 is 15.2 Å². The van der Waals surface area contributed by atoms with E-state index in [-0.39, 0.29) is 17.1 Å². The van der Waals surface area contributed by atoms with Gasteiger partial charge in [0.05, 0.1) is 17.7 Å². The van der Waals surface area contributed by atoms with Crippen LogP contribution in [0.1, 0.15) is 45.5 Å². The second kappa shape index (κ2) is 8.06. The molecule has 2 aliphatic heterocycles. The van der Waals surface area contributed by atoms with E-state index in [2.05, 4.69) is 0 Å². The lowest BCUT2D eigenvalue weighted by Gasteiger charge is -2.24. The summed E-state index contributed by atoms with van der Waals surface area (Å²) < 4.78 is 11.4. The molecule has 0 aromatic heterocycles. The summed E-state index contributed by atoms with van der Waals surface area (Å²) in [5.41, 5.74) is 7.78. The van der Waals surface area contributed by atoms with Crippen molar-refractivity contribution in [3.8, 4) is 11.5 Å². The van der Waals surface area contributed by atoms with E-state index < -0.39 is 23.9 Å². The van der Waals surface area contributed by atoms with Gasteiger partial charge in [0.1, 0.15) is 6.04 Å². The average molecular weight is 410 g/mol. The van der Waals surface area contributed by atoms with E-state index >= 15 is 0 Å². The van der Waals surface area contributed by atoms with Gasteiger partial charge in [0.25, 0.3) is 5.91 Å². The van der Waals surface area contributed by atoms with Crippen molar-refractivity contribution in [1.82, 2.24) is 4.90 Å². The molecule has 3 N–H and O–H groups in total. The monoisotopic (exact) mass is 410 g/mol. The highest BCUT2D eigenvalue weighted by Gasteiger charge is 2.36. The van der Waals surface area contributed by atoms with Crippen molar-refractivity contribution in [2.75, 3.05) is 18.9 Å². The summed E-state index contributed by atoms with van der Waals surface area (Å²) in [6.45, 7) is 0.652. The first-order valence-corrected chi connectivity index (χ1v) is 9.86. The number of nitrogens with zero attached hydrogens (tertiary/aromatic N) is 1. The van der Waals surface area contributed by atoms with E-state index in [0.717, 1.165) is 5.56 Å². The van der Waals surface area contributed by atoms with Gasteiger partial charge in [-0.1, -0.05) is 6.07 Å². The minimum atomic E-state index is -1.03. The molecule has 0 bridgehead atoms. The zero-order valence-electron chi connectivity index (χ0n) is 16.3. The Bertz CT molecular complexity index is 1020. The SMILES string of the molecule is Nc1ccc2c(c1)CCCOc1c(cccc1C(=O)N1CCCC1C(=O)O)OC2=O. The maximum absolute atomic E-state index is 13.1. The molecule has 2 aliphatic rings. The molecule has 8 heteroatoms. The highest BCUT2D eigenvalue weighted by Crippen LogP contribution is 2.35. The van der Waals surface area contributed by atoms with Gasteiger partial charge in [-0.2, -0.15) is 0 Å². The number of hydrogen-bond acceptors (Lipinski definition) is 6. The molecule has 1 fully saturated rings. The fourth-order valence-corrected chi connectivity index (χ4v) is 3.95. The van der Waals surface area contributed by atoms with Crippen LogP contribution in [0, 0.1) is 0 Å². The highest BCUT2D eigenvalue weighted by atomic mass is 16.6. The number of carboxylic acids is 1. The Labute approximate surface area is 173 Å². The lowest BCUT2D eigenvalue weighted by Crippen LogP contribution is -2.40. The molecular formula is C22H22N2O6. The van der Waals surface area contributed by atoms with Crippen molar-refractivity contribution in [2.45, 2.75) is 31.7 Å². The summed E-state index contributed by atoms with van der Waals surface area (Å²) in [5.74, 6) is -1.76. The first-order valence-electron chi connectivity index (χ1n) is 9.86. The maximum atomic E-state index is 13.1. The number of aliphatic carboxylic acids is 1. The first-order chi connectivity index (χ1) is 14.5. The Morgan fingerprint density at radius 1 is 1.17 bits per heavy atom. The molecule has 2 aromatic carbocycles. The van der Waals surface area contributed by atoms with Crippen LogP contribution in [-0.2, 0) is 11.2 Å². The molecule has 0 radical (unpaired) electrons. The van der Waals surface area contributed by atoms with Crippen LogP contribution in [0.5, 0.6) is 11.5 Å². The largest absolute Gasteiger partial charge is 0.489 e. The van der Waals surface area contributed by atoms with Gasteiger partial charge in [-0.3, -0.25) is 4.79 Å². The third-order valence-electron chi connectivity index (χ3n) is 5.40. The number of ether oxygens (including phenoxy) is 2. The number of hydrogen-bond donors (Lipinski definition) is 2. The fourth-order valence-electron chi connectivity index (χ4n) is 3.95. The van der Waals surface area contributed by atoms with Crippen LogP contribution in [0.15, 0.2) is 36.4 Å². The van der Waals surface area contributed by atoms with E-state index in [1.165, 1.54) is 4.90 Å². The third kappa shape index (κ3) is 3.68. The molecule has 30 heavy (non-hydrogen) atoms. The predicted molar refractivity (Wildman–Crippen MR) is 108 cm³/mol. The average Bonchev–Trinajstić information content (AvgIpc) is 3.21. The van der Waals surface area contributed by atoms with Crippen molar-refractivity contribution in [3.05, 3.63) is 53.1 Å². The van der Waals surface area contributed by atoms with Gasteiger partial charge in [-0.25, -0.2) is 9.59 Å². The molecular weight excluding hydrogens is 388 g/mol. The molecule has 2 aromatic rings. The number of carbonyl (C=O) groups is 3. The smallest absolute Gasteiger partial charge is 0.343 e. The van der Waals surface area contributed by atoms with Gasteiger partial charge < -0.3 is 25.2 Å². The van der Waals surface area contributed by atoms with E-state index in [0.29, 0.717) is 50.1 Å². The number of fused-ring (bicyclic) bond motifs is 2. The highest BCUT2D eigenvalue weighted by molar-refractivity contribution is 6.01. The van der Waals surface area contributed by atoms with Gasteiger partial charge >= 0.3 is 11.9 Å². The van der Waals surface area contributed by atoms with Crippen LogP contribution in [0.4, 0.5) is 5.69 Å². The minimum absolute atomic E-state index is 0.126. The molecule has 4 rings (SSSR count). The summed E-state index contributed by atoms with van der Waals surface area (Å²) in [6, 6.07) is 8.86. The molecule has 1 saturated heterocycles. The van der Waals surface area contributed by atoms with Crippen molar-refractivity contribution >= 4 is 23.5 Å². The van der Waals surface area contributed by atoms with Crippen LogP contribution in [-0.4, -0.2) is 47.0 Å². The second-order valence-corrected chi connectivity index (χ2v) is 7.39. The van der Waals surface area contributed by atoms with E-state index in [1.807, 2.05) is 0 Å². The Balaban J connectivity index is 1.70. The predicted octanol–water partition coefficient (Wildman–Crippen LogP) is 2.50. The number of amides is 1. The van der Waals surface area contributed by atoms with Crippen molar-refractivity contribution in [3.63, 3.8) is 0 Å². The van der Waals surface area contributed by atoms with Gasteiger partial charge in [-0.05, 0) is 61.6 Å². The summed E-state index contributed by atoms with van der Waals surface area (Å²) in [7, 11) is 0. The molecule has 156 valence electrons. The zero-order chi connectivity index (χ0) is 21.3. The lowest BCUT2D eigenvalue weighted by molar-refractivity contribution is -0.141. The number of benzene rings is 2. The van der Waals surface area contributed by atoms with Crippen LogP contribution in [0.25, 0.3) is 0 Å².